The molecular formula is C25H42N4O3S. The van der Waals surface area contributed by atoms with Gasteiger partial charge in [0.2, 0.25) is 5.91 Å². The number of methoxy groups -OCH3 is 1. The van der Waals surface area contributed by atoms with Crippen molar-refractivity contribution >= 4 is 22.6 Å². The average Bonchev–Trinajstić information content (AvgIpc) is 2.83. The lowest BCUT2D eigenvalue weighted by Crippen LogP contribution is -2.60. The number of amides is 1. The number of hydrogen-bond acceptors (Lipinski definition) is 5. The molecule has 2 saturated heterocycles. The highest BCUT2D eigenvalue weighted by molar-refractivity contribution is 7.85. The molecule has 2 aliphatic heterocycles. The molecule has 1 aromatic carbocycles. The molecule has 0 saturated carbocycles. The maximum atomic E-state index is 13.6. The second-order valence-electron chi connectivity index (χ2n) is 9.62. The summed E-state index contributed by atoms with van der Waals surface area (Å²) in [5.74, 6) is 0.284. The van der Waals surface area contributed by atoms with Gasteiger partial charge < -0.3 is 20.3 Å². The molecule has 2 N–H and O–H groups in total. The summed E-state index contributed by atoms with van der Waals surface area (Å²) in [6.07, 6.45) is 4.69. The molecule has 1 aromatic rings. The van der Waals surface area contributed by atoms with E-state index < -0.39 is 21.6 Å². The van der Waals surface area contributed by atoms with Crippen LogP contribution in [-0.4, -0.2) is 83.6 Å². The molecule has 7 nitrogen and oxygen atoms in total. The van der Waals surface area contributed by atoms with Gasteiger partial charge in [0.05, 0.1) is 6.61 Å². The van der Waals surface area contributed by atoms with Crippen molar-refractivity contribution in [2.75, 3.05) is 64.4 Å². The smallest absolute Gasteiger partial charge is 0.237 e. The molecular weight excluding hydrogens is 436 g/mol. The van der Waals surface area contributed by atoms with Gasteiger partial charge in [-0.3, -0.25) is 4.79 Å². The van der Waals surface area contributed by atoms with E-state index in [2.05, 4.69) is 47.9 Å². The van der Waals surface area contributed by atoms with Crippen molar-refractivity contribution in [1.29, 1.82) is 0 Å². The summed E-state index contributed by atoms with van der Waals surface area (Å²) in [6, 6.07) is 8.90. The summed E-state index contributed by atoms with van der Waals surface area (Å²) >= 11 is 0. The number of hydrogen-bond donors (Lipinski definition) is 1. The van der Waals surface area contributed by atoms with Gasteiger partial charge in [-0.2, -0.15) is 0 Å². The van der Waals surface area contributed by atoms with Crippen LogP contribution in [0.3, 0.4) is 0 Å². The van der Waals surface area contributed by atoms with Crippen molar-refractivity contribution in [3.05, 3.63) is 29.8 Å². The van der Waals surface area contributed by atoms with Crippen LogP contribution in [0.4, 0.5) is 5.69 Å². The number of primary amides is 1. The van der Waals surface area contributed by atoms with Crippen LogP contribution in [0.25, 0.3) is 0 Å². The van der Waals surface area contributed by atoms with Crippen molar-refractivity contribution in [3.8, 4) is 0 Å². The van der Waals surface area contributed by atoms with Gasteiger partial charge in [-0.15, -0.1) is 0 Å². The molecule has 0 aliphatic carbocycles. The van der Waals surface area contributed by atoms with Crippen LogP contribution in [0.15, 0.2) is 24.3 Å². The molecule has 0 radical (unpaired) electrons. The zero-order valence-electron chi connectivity index (χ0n) is 20.6. The summed E-state index contributed by atoms with van der Waals surface area (Å²) in [5, 5.41) is 0. The second kappa shape index (κ2) is 12.3. The van der Waals surface area contributed by atoms with Crippen LogP contribution >= 0.6 is 0 Å². The minimum absolute atomic E-state index is 0.428. The summed E-state index contributed by atoms with van der Waals surface area (Å²) in [4.78, 5) is 17.1. The number of rotatable bonds is 11. The van der Waals surface area contributed by atoms with E-state index in [1.807, 2.05) is 4.31 Å². The SMILES string of the molecule is CCCC(C)Cc1ccc(N2CCN(S(=O)C3(C(N)=O)CCN(CCOC)CC3)CC2)cc1. The molecule has 0 bridgehead atoms. The van der Waals surface area contributed by atoms with Crippen LogP contribution in [0, 0.1) is 5.92 Å². The van der Waals surface area contributed by atoms with Gasteiger partial charge in [-0.25, -0.2) is 8.51 Å². The molecule has 186 valence electrons. The van der Waals surface area contributed by atoms with E-state index in [0.29, 0.717) is 38.5 Å². The zero-order valence-corrected chi connectivity index (χ0v) is 21.4. The lowest BCUT2D eigenvalue weighted by atomic mass is 9.95. The minimum atomic E-state index is -1.41. The monoisotopic (exact) mass is 478 g/mol. The Kier molecular flexibility index (Phi) is 9.73. The van der Waals surface area contributed by atoms with Crippen LogP contribution in [0.1, 0.15) is 45.1 Å². The lowest BCUT2D eigenvalue weighted by molar-refractivity contribution is -0.121. The largest absolute Gasteiger partial charge is 0.383 e. The Morgan fingerprint density at radius 3 is 2.30 bits per heavy atom. The second-order valence-corrected chi connectivity index (χ2v) is 11.4. The minimum Gasteiger partial charge on any atom is -0.383 e. The maximum Gasteiger partial charge on any atom is 0.237 e. The molecule has 1 amide bonds. The molecule has 0 aromatic heterocycles. The fraction of sp³-hybridized carbons (Fsp3) is 0.720. The van der Waals surface area contributed by atoms with Gasteiger partial charge in [0.15, 0.2) is 0 Å². The Morgan fingerprint density at radius 1 is 1.12 bits per heavy atom. The van der Waals surface area contributed by atoms with Gasteiger partial charge in [0.1, 0.15) is 15.7 Å². The van der Waals surface area contributed by atoms with Gasteiger partial charge in [0, 0.05) is 58.6 Å². The summed E-state index contributed by atoms with van der Waals surface area (Å²) in [5.41, 5.74) is 8.43. The molecule has 2 aliphatic rings. The number of anilines is 1. The van der Waals surface area contributed by atoms with Gasteiger partial charge in [-0.05, 0) is 42.9 Å². The molecule has 0 spiro atoms. The van der Waals surface area contributed by atoms with Crippen LogP contribution in [0.5, 0.6) is 0 Å². The quantitative estimate of drug-likeness (QED) is 0.528. The zero-order chi connectivity index (χ0) is 23.8. The lowest BCUT2D eigenvalue weighted by Gasteiger charge is -2.43. The predicted octanol–water partition coefficient (Wildman–Crippen LogP) is 2.42. The van der Waals surface area contributed by atoms with Crippen molar-refractivity contribution in [1.82, 2.24) is 9.21 Å². The van der Waals surface area contributed by atoms with E-state index in [0.717, 1.165) is 39.1 Å². The Bertz CT molecular complexity index is 772. The van der Waals surface area contributed by atoms with Crippen molar-refractivity contribution in [2.24, 2.45) is 11.7 Å². The molecule has 33 heavy (non-hydrogen) atoms. The highest BCUT2D eigenvalue weighted by atomic mass is 32.2. The van der Waals surface area contributed by atoms with E-state index >= 15 is 0 Å². The highest BCUT2D eigenvalue weighted by Crippen LogP contribution is 2.31. The number of piperidine rings is 1. The number of nitrogens with zero attached hydrogens (tertiary/aromatic N) is 3. The number of piperazine rings is 1. The Morgan fingerprint density at radius 2 is 1.76 bits per heavy atom. The number of ether oxygens (including phenoxy) is 1. The summed E-state index contributed by atoms with van der Waals surface area (Å²) < 4.78 is 19.7. The molecule has 8 heteroatoms. The van der Waals surface area contributed by atoms with E-state index in [-0.39, 0.29) is 0 Å². The fourth-order valence-corrected chi connectivity index (χ4v) is 6.76. The predicted molar refractivity (Wildman–Crippen MR) is 136 cm³/mol. The number of carbonyl (C=O) groups excluding carboxylic acids is 1. The third-order valence-corrected chi connectivity index (χ3v) is 9.31. The van der Waals surface area contributed by atoms with E-state index in [1.54, 1.807) is 7.11 Å². The molecule has 2 atom stereocenters. The van der Waals surface area contributed by atoms with Crippen molar-refractivity contribution in [3.63, 3.8) is 0 Å². The van der Waals surface area contributed by atoms with Crippen LogP contribution in [0.2, 0.25) is 0 Å². The third-order valence-electron chi connectivity index (χ3n) is 7.20. The first kappa shape index (κ1) is 26.1. The first-order valence-electron chi connectivity index (χ1n) is 12.4. The fourth-order valence-electron chi connectivity index (χ4n) is 5.06. The first-order chi connectivity index (χ1) is 15.9. The first-order valence-corrected chi connectivity index (χ1v) is 13.5. The number of benzene rings is 1. The number of nitrogens with two attached hydrogens (primary N) is 1. The Labute approximate surface area is 202 Å². The molecule has 3 rings (SSSR count). The van der Waals surface area contributed by atoms with E-state index in [4.69, 9.17) is 10.5 Å². The molecule has 2 unspecified atom stereocenters. The van der Waals surface area contributed by atoms with Crippen molar-refractivity contribution < 1.29 is 13.7 Å². The summed E-state index contributed by atoms with van der Waals surface area (Å²) in [6.45, 7) is 10.4. The maximum absolute atomic E-state index is 13.6. The van der Waals surface area contributed by atoms with Gasteiger partial charge in [-0.1, -0.05) is 38.8 Å². The Hall–Kier alpha value is -1.48. The normalized spacial score (nSPS) is 21.6. The van der Waals surface area contributed by atoms with Gasteiger partial charge in [0.25, 0.3) is 0 Å². The van der Waals surface area contributed by atoms with Crippen molar-refractivity contribution in [2.45, 2.75) is 50.7 Å². The van der Waals surface area contributed by atoms with Crippen LogP contribution in [-0.2, 0) is 26.9 Å². The van der Waals surface area contributed by atoms with E-state index in [1.165, 1.54) is 24.1 Å². The average molecular weight is 479 g/mol. The van der Waals surface area contributed by atoms with E-state index in [9.17, 15) is 9.00 Å². The van der Waals surface area contributed by atoms with Gasteiger partial charge >= 0.3 is 0 Å². The standard InChI is InChI=1S/C25H42N4O3S/c1-4-5-21(2)20-22-6-8-23(9-7-22)28-14-16-29(17-15-28)33(31)25(24(26)30)10-12-27(13-11-25)18-19-32-3/h6-9,21H,4-5,10-20H2,1-3H3,(H2,26,30). The summed E-state index contributed by atoms with van der Waals surface area (Å²) in [7, 11) is 0.277. The number of likely N-dealkylation sites (tertiary alicyclic amines) is 1. The van der Waals surface area contributed by atoms with Crippen LogP contribution < -0.4 is 10.6 Å². The third kappa shape index (κ3) is 6.56. The molecule has 2 fully saturated rings. The highest BCUT2D eigenvalue weighted by Gasteiger charge is 2.48. The molecule has 2 heterocycles. The Balaban J connectivity index is 1.55. The number of carbonyl (C=O) groups is 1. The topological polar surface area (TPSA) is 79.1 Å².